The Bertz CT molecular complexity index is 607. The predicted molar refractivity (Wildman–Crippen MR) is 93.1 cm³/mol. The molecule has 1 saturated carbocycles. The van der Waals surface area contributed by atoms with Gasteiger partial charge < -0.3 is 20.4 Å². The molecule has 4 unspecified atom stereocenters. The van der Waals surface area contributed by atoms with Gasteiger partial charge >= 0.3 is 12.0 Å². The van der Waals surface area contributed by atoms with Crippen LogP contribution in [0.25, 0.3) is 0 Å². The molecule has 0 radical (unpaired) electrons. The van der Waals surface area contributed by atoms with Crippen LogP contribution in [0.5, 0.6) is 0 Å². The Labute approximate surface area is 147 Å². The molecular weight excluding hydrogens is 320 g/mol. The van der Waals surface area contributed by atoms with Crippen LogP contribution >= 0.6 is 0 Å². The van der Waals surface area contributed by atoms with Crippen LogP contribution in [0.15, 0.2) is 30.3 Å². The second-order valence-electron chi connectivity index (χ2n) is 7.24. The van der Waals surface area contributed by atoms with Crippen LogP contribution in [0.1, 0.15) is 31.2 Å². The van der Waals surface area contributed by atoms with Gasteiger partial charge in [0, 0.05) is 31.5 Å². The van der Waals surface area contributed by atoms with E-state index in [0.717, 1.165) is 18.4 Å². The van der Waals surface area contributed by atoms with Crippen LogP contribution in [0, 0.1) is 11.8 Å². The van der Waals surface area contributed by atoms with E-state index in [4.69, 9.17) is 5.11 Å². The Balaban J connectivity index is 1.59. The maximum atomic E-state index is 12.6. The number of aliphatic carboxylic acids is 1. The van der Waals surface area contributed by atoms with E-state index in [1.54, 1.807) is 4.90 Å². The highest BCUT2D eigenvalue weighted by Gasteiger charge is 2.43. The summed E-state index contributed by atoms with van der Waals surface area (Å²) in [6.07, 6.45) is 2.56. The lowest BCUT2D eigenvalue weighted by atomic mass is 10.00. The number of carbonyl (C=O) groups excluding carboxylic acids is 1. The molecule has 6 nitrogen and oxygen atoms in total. The average Bonchev–Trinajstić information content (AvgIpc) is 3.16. The Morgan fingerprint density at radius 3 is 2.64 bits per heavy atom. The van der Waals surface area contributed by atoms with Gasteiger partial charge in [-0.3, -0.25) is 4.79 Å². The Morgan fingerprint density at radius 1 is 1.20 bits per heavy atom. The minimum atomic E-state index is -0.855. The van der Waals surface area contributed by atoms with Crippen molar-refractivity contribution < 1.29 is 19.8 Å². The fourth-order valence-corrected chi connectivity index (χ4v) is 4.09. The normalized spacial score (nSPS) is 26.3. The first kappa shape index (κ1) is 17.7. The van der Waals surface area contributed by atoms with Crippen LogP contribution in [0.2, 0.25) is 0 Å². The van der Waals surface area contributed by atoms with Crippen molar-refractivity contribution in [2.24, 2.45) is 11.8 Å². The molecule has 3 rings (SSSR count). The third-order valence-electron chi connectivity index (χ3n) is 5.47. The minimum absolute atomic E-state index is 0.0295. The fraction of sp³-hybridized carbons (Fsp3) is 0.579. The molecule has 4 atom stereocenters. The molecule has 0 aromatic heterocycles. The topological polar surface area (TPSA) is 89.9 Å². The molecule has 1 aliphatic carbocycles. The summed E-state index contributed by atoms with van der Waals surface area (Å²) in [7, 11) is 0. The summed E-state index contributed by atoms with van der Waals surface area (Å²) in [6, 6.07) is 9.42. The van der Waals surface area contributed by atoms with Gasteiger partial charge in [-0.2, -0.15) is 0 Å². The molecule has 3 N–H and O–H groups in total. The van der Waals surface area contributed by atoms with E-state index < -0.39 is 5.97 Å². The van der Waals surface area contributed by atoms with E-state index in [2.05, 4.69) is 5.32 Å². The highest BCUT2D eigenvalue weighted by Crippen LogP contribution is 2.38. The standard InChI is InChI=1S/C19H26N2O4/c22-17-8-6-14-11-21(12-16(14)17)19(25)20-15(7-9-18(23)24)10-13-4-2-1-3-5-13/h1-5,14-17,22H,6-12H2,(H,20,25)(H,23,24). The molecule has 0 bridgehead atoms. The number of hydrogen-bond acceptors (Lipinski definition) is 3. The molecule has 136 valence electrons. The fourth-order valence-electron chi connectivity index (χ4n) is 4.09. The van der Waals surface area contributed by atoms with Crippen molar-refractivity contribution in [1.29, 1.82) is 0 Å². The zero-order valence-corrected chi connectivity index (χ0v) is 14.3. The second-order valence-corrected chi connectivity index (χ2v) is 7.24. The monoisotopic (exact) mass is 346 g/mol. The lowest BCUT2D eigenvalue weighted by molar-refractivity contribution is -0.137. The SMILES string of the molecule is O=C(O)CCC(Cc1ccccc1)NC(=O)N1CC2CCC(O)C2C1. The first-order valence-corrected chi connectivity index (χ1v) is 9.02. The maximum Gasteiger partial charge on any atom is 0.317 e. The molecule has 2 fully saturated rings. The minimum Gasteiger partial charge on any atom is -0.481 e. The summed E-state index contributed by atoms with van der Waals surface area (Å²) in [5.41, 5.74) is 1.08. The molecule has 1 aromatic rings. The third kappa shape index (κ3) is 4.51. The quantitative estimate of drug-likeness (QED) is 0.733. The van der Waals surface area contributed by atoms with Gasteiger partial charge in [-0.15, -0.1) is 0 Å². The first-order chi connectivity index (χ1) is 12.0. The number of nitrogens with one attached hydrogen (secondary N) is 1. The number of aliphatic hydroxyl groups excluding tert-OH is 1. The van der Waals surface area contributed by atoms with Gasteiger partial charge in [-0.1, -0.05) is 30.3 Å². The summed E-state index contributed by atoms with van der Waals surface area (Å²) >= 11 is 0. The number of carboxylic acids is 1. The third-order valence-corrected chi connectivity index (χ3v) is 5.47. The molecule has 1 aromatic carbocycles. The van der Waals surface area contributed by atoms with Crippen molar-refractivity contribution in [3.8, 4) is 0 Å². The van der Waals surface area contributed by atoms with Crippen LogP contribution in [0.3, 0.4) is 0 Å². The van der Waals surface area contributed by atoms with E-state index in [1.807, 2.05) is 30.3 Å². The molecule has 2 amide bonds. The molecule has 1 saturated heterocycles. The molecule has 0 spiro atoms. The zero-order chi connectivity index (χ0) is 17.8. The van der Waals surface area contributed by atoms with Crippen molar-refractivity contribution in [3.63, 3.8) is 0 Å². The second kappa shape index (κ2) is 7.87. The summed E-state index contributed by atoms with van der Waals surface area (Å²) in [5.74, 6) is -0.268. The van der Waals surface area contributed by atoms with E-state index in [9.17, 15) is 14.7 Å². The lowest BCUT2D eigenvalue weighted by Crippen LogP contribution is -2.45. The average molecular weight is 346 g/mol. The van der Waals surface area contributed by atoms with E-state index in [0.29, 0.717) is 31.8 Å². The number of benzene rings is 1. The van der Waals surface area contributed by atoms with Gasteiger partial charge in [0.05, 0.1) is 6.10 Å². The number of carbonyl (C=O) groups is 2. The molecule has 25 heavy (non-hydrogen) atoms. The van der Waals surface area contributed by atoms with Gasteiger partial charge in [0.25, 0.3) is 0 Å². The molecular formula is C19H26N2O4. The van der Waals surface area contributed by atoms with Crippen molar-refractivity contribution in [2.75, 3.05) is 13.1 Å². The molecule has 2 aliphatic rings. The largest absolute Gasteiger partial charge is 0.481 e. The Hall–Kier alpha value is -2.08. The van der Waals surface area contributed by atoms with Gasteiger partial charge in [-0.25, -0.2) is 4.79 Å². The van der Waals surface area contributed by atoms with Crippen LogP contribution in [0.4, 0.5) is 4.79 Å². The Kier molecular flexibility index (Phi) is 5.58. The molecule has 1 heterocycles. The van der Waals surface area contributed by atoms with Crippen LogP contribution in [-0.4, -0.2) is 52.3 Å². The number of amides is 2. The maximum absolute atomic E-state index is 12.6. The van der Waals surface area contributed by atoms with Gasteiger partial charge in [-0.05, 0) is 37.2 Å². The molecule has 1 aliphatic heterocycles. The number of nitrogens with zero attached hydrogens (tertiary/aromatic N) is 1. The van der Waals surface area contributed by atoms with Crippen LogP contribution in [-0.2, 0) is 11.2 Å². The summed E-state index contributed by atoms with van der Waals surface area (Å²) in [4.78, 5) is 25.3. The van der Waals surface area contributed by atoms with E-state index >= 15 is 0 Å². The number of hydrogen-bond donors (Lipinski definition) is 3. The van der Waals surface area contributed by atoms with Crippen molar-refractivity contribution in [1.82, 2.24) is 10.2 Å². The number of likely N-dealkylation sites (tertiary alicyclic amines) is 1. The summed E-state index contributed by atoms with van der Waals surface area (Å²) < 4.78 is 0. The number of rotatable bonds is 6. The zero-order valence-electron chi connectivity index (χ0n) is 14.3. The number of fused-ring (bicyclic) bond motifs is 1. The van der Waals surface area contributed by atoms with Crippen LogP contribution < -0.4 is 5.32 Å². The number of urea groups is 1. The van der Waals surface area contributed by atoms with E-state index in [1.165, 1.54) is 0 Å². The first-order valence-electron chi connectivity index (χ1n) is 9.02. The number of aliphatic hydroxyl groups is 1. The summed E-state index contributed by atoms with van der Waals surface area (Å²) in [5, 5.41) is 22.0. The lowest BCUT2D eigenvalue weighted by Gasteiger charge is -2.24. The van der Waals surface area contributed by atoms with Gasteiger partial charge in [0.2, 0.25) is 0 Å². The summed E-state index contributed by atoms with van der Waals surface area (Å²) in [6.45, 7) is 1.28. The van der Waals surface area contributed by atoms with Crippen molar-refractivity contribution in [3.05, 3.63) is 35.9 Å². The predicted octanol–water partition coefficient (Wildman–Crippen LogP) is 1.87. The Morgan fingerprint density at radius 2 is 1.96 bits per heavy atom. The van der Waals surface area contributed by atoms with Crippen molar-refractivity contribution in [2.45, 2.75) is 44.2 Å². The van der Waals surface area contributed by atoms with Gasteiger partial charge in [0.1, 0.15) is 0 Å². The molecule has 6 heteroatoms. The van der Waals surface area contributed by atoms with Gasteiger partial charge in [0.15, 0.2) is 0 Å². The van der Waals surface area contributed by atoms with E-state index in [-0.39, 0.29) is 30.5 Å². The highest BCUT2D eigenvalue weighted by atomic mass is 16.4. The smallest absolute Gasteiger partial charge is 0.317 e. The highest BCUT2D eigenvalue weighted by molar-refractivity contribution is 5.75. The number of carboxylic acid groups (broad SMARTS) is 1. The van der Waals surface area contributed by atoms with Crippen molar-refractivity contribution >= 4 is 12.0 Å².